The van der Waals surface area contributed by atoms with Crippen LogP contribution in [0.2, 0.25) is 0 Å². The number of pyridine rings is 2. The van der Waals surface area contributed by atoms with Gasteiger partial charge < -0.3 is 24.8 Å². The van der Waals surface area contributed by atoms with Crippen molar-refractivity contribution in [3.8, 4) is 11.4 Å². The summed E-state index contributed by atoms with van der Waals surface area (Å²) in [6.07, 6.45) is 3.63. The fourth-order valence-electron chi connectivity index (χ4n) is 1.35. The first-order chi connectivity index (χ1) is 6.75. The Kier molecular flexibility index (Phi) is 9.60. The van der Waals surface area contributed by atoms with Crippen LogP contribution in [-0.4, -0.2) is 9.97 Å². The van der Waals surface area contributed by atoms with Gasteiger partial charge in [0.1, 0.15) is 0 Å². The molecule has 17 heavy (non-hydrogen) atoms. The average Bonchev–Trinajstić information content (AvgIpc) is 2.18. The van der Waals surface area contributed by atoms with E-state index in [2.05, 4.69) is 23.8 Å². The molecule has 0 unspecified atom stereocenters. The predicted octanol–water partition coefficient (Wildman–Crippen LogP) is -3.23. The van der Waals surface area contributed by atoms with Crippen molar-refractivity contribution in [2.45, 2.75) is 13.8 Å². The van der Waals surface area contributed by atoms with E-state index >= 15 is 0 Å². The minimum atomic E-state index is 0. The number of hydrogen-bond acceptors (Lipinski definition) is 2. The Morgan fingerprint density at radius 2 is 1.12 bits per heavy atom. The summed E-state index contributed by atoms with van der Waals surface area (Å²) in [4.78, 5) is 8.58. The van der Waals surface area contributed by atoms with Crippen molar-refractivity contribution in [2.75, 3.05) is 0 Å². The molecular weight excluding hydrogens is 438 g/mol. The molecule has 2 heterocycles. The molecule has 2 aromatic rings. The number of halogens is 2. The summed E-state index contributed by atoms with van der Waals surface area (Å²) in [5, 5.41) is 0. The fraction of sp³-hybridized carbons (Fsp3) is 0.167. The molecule has 0 spiro atoms. The van der Waals surface area contributed by atoms with Gasteiger partial charge in [-0.3, -0.25) is 9.97 Å². The second kappa shape index (κ2) is 8.63. The van der Waals surface area contributed by atoms with E-state index < -0.39 is 0 Å². The third kappa shape index (κ3) is 5.16. The number of hydrogen-bond donors (Lipinski definition) is 0. The summed E-state index contributed by atoms with van der Waals surface area (Å²) in [7, 11) is 0. The number of nitrogens with zero attached hydrogens (tertiary/aromatic N) is 2. The van der Waals surface area contributed by atoms with Gasteiger partial charge in [-0.2, -0.15) is 0 Å². The Morgan fingerprint density at radius 3 is 1.41 bits per heavy atom. The van der Waals surface area contributed by atoms with Crippen LogP contribution in [0.3, 0.4) is 0 Å². The molecule has 0 bridgehead atoms. The van der Waals surface area contributed by atoms with Crippen LogP contribution in [0.1, 0.15) is 11.1 Å². The van der Waals surface area contributed by atoms with E-state index in [0.717, 1.165) is 11.4 Å². The summed E-state index contributed by atoms with van der Waals surface area (Å²) in [5.74, 6) is 0. The maximum Gasteiger partial charge on any atom is 2.00 e. The Balaban J connectivity index is 0. The molecule has 2 nitrogen and oxygen atoms in total. The molecule has 0 N–H and O–H groups in total. The molecule has 2 rings (SSSR count). The molecule has 0 aliphatic rings. The third-order valence-corrected chi connectivity index (χ3v) is 2.09. The van der Waals surface area contributed by atoms with Crippen LogP contribution < -0.4 is 24.8 Å². The summed E-state index contributed by atoms with van der Waals surface area (Å²) in [6.45, 7) is 4.11. The van der Waals surface area contributed by atoms with Gasteiger partial charge in [-0.05, 0) is 49.2 Å². The van der Waals surface area contributed by atoms with Gasteiger partial charge in [0.2, 0.25) is 0 Å². The molecule has 5 heteroatoms. The maximum absolute atomic E-state index is 4.29. The molecule has 0 amide bonds. The van der Waals surface area contributed by atoms with E-state index in [-0.39, 0.29) is 45.9 Å². The van der Waals surface area contributed by atoms with Gasteiger partial charge in [-0.1, -0.05) is 0 Å². The first-order valence-corrected chi connectivity index (χ1v) is 4.61. The molecule has 0 saturated heterocycles. The molecule has 0 aliphatic heterocycles. The molecule has 0 aromatic carbocycles. The van der Waals surface area contributed by atoms with Gasteiger partial charge in [0.25, 0.3) is 0 Å². The van der Waals surface area contributed by atoms with Gasteiger partial charge in [0.15, 0.2) is 0 Å². The maximum atomic E-state index is 4.29. The minimum absolute atomic E-state index is 0. The smallest absolute Gasteiger partial charge is 1.00 e. The van der Waals surface area contributed by atoms with Gasteiger partial charge in [-0.15, -0.1) is 0 Å². The second-order valence-corrected chi connectivity index (χ2v) is 3.44. The van der Waals surface area contributed by atoms with Crippen LogP contribution in [0.15, 0.2) is 36.7 Å². The zero-order chi connectivity index (χ0) is 9.97. The summed E-state index contributed by atoms with van der Waals surface area (Å²) in [5.41, 5.74) is 4.29. The third-order valence-electron chi connectivity index (χ3n) is 2.09. The largest absolute Gasteiger partial charge is 2.00 e. The van der Waals surface area contributed by atoms with Crippen molar-refractivity contribution in [1.82, 2.24) is 9.97 Å². The molecule has 0 radical (unpaired) electrons. The van der Waals surface area contributed by atoms with Crippen LogP contribution in [0.4, 0.5) is 0 Å². The number of rotatable bonds is 1. The molecule has 94 valence electrons. The van der Waals surface area contributed by atoms with Crippen LogP contribution in [-0.2, 0) is 21.1 Å². The van der Waals surface area contributed by atoms with Crippen molar-refractivity contribution in [1.29, 1.82) is 0 Å². The van der Waals surface area contributed by atoms with Gasteiger partial charge in [0, 0.05) is 12.4 Å². The molecular formula is C12H12Cl2N2Pt. The Bertz CT molecular complexity index is 420. The molecule has 0 fully saturated rings. The van der Waals surface area contributed by atoms with Crippen LogP contribution in [0, 0.1) is 13.8 Å². The van der Waals surface area contributed by atoms with Crippen LogP contribution in [0.5, 0.6) is 0 Å². The number of aryl methyl sites for hydroxylation is 2. The Labute approximate surface area is 128 Å². The van der Waals surface area contributed by atoms with Crippen LogP contribution >= 0.6 is 0 Å². The van der Waals surface area contributed by atoms with Crippen molar-refractivity contribution in [2.24, 2.45) is 0 Å². The molecule has 2 aromatic heterocycles. The molecule has 0 saturated carbocycles. The van der Waals surface area contributed by atoms with E-state index in [9.17, 15) is 0 Å². The summed E-state index contributed by atoms with van der Waals surface area (Å²) < 4.78 is 0. The summed E-state index contributed by atoms with van der Waals surface area (Å²) >= 11 is 0. The van der Waals surface area contributed by atoms with Crippen molar-refractivity contribution >= 4 is 0 Å². The zero-order valence-corrected chi connectivity index (χ0v) is 13.2. The number of aromatic nitrogens is 2. The SMILES string of the molecule is Cc1ccnc(-c2cc(C)ccn2)c1.[Cl-].[Cl-].[Pt+2]. The quantitative estimate of drug-likeness (QED) is 0.457. The normalized spacial score (nSPS) is 8.35. The van der Waals surface area contributed by atoms with Gasteiger partial charge >= 0.3 is 21.1 Å². The monoisotopic (exact) mass is 449 g/mol. The first-order valence-electron chi connectivity index (χ1n) is 4.61. The minimum Gasteiger partial charge on any atom is -1.00 e. The van der Waals surface area contributed by atoms with Gasteiger partial charge in [0.05, 0.1) is 11.4 Å². The predicted molar refractivity (Wildman–Crippen MR) is 56.9 cm³/mol. The molecule has 0 atom stereocenters. The van der Waals surface area contributed by atoms with Crippen molar-refractivity contribution in [3.05, 3.63) is 47.8 Å². The second-order valence-electron chi connectivity index (χ2n) is 3.44. The first kappa shape index (κ1) is 18.9. The van der Waals surface area contributed by atoms with Crippen molar-refractivity contribution < 1.29 is 45.9 Å². The Morgan fingerprint density at radius 1 is 0.765 bits per heavy atom. The Hall–Kier alpha value is -0.432. The standard InChI is InChI=1S/C12H12N2.2ClH.Pt/c1-9-3-5-13-11(7-9)12-8-10(2)4-6-14-12;;;/h3-8H,1-2H3;2*1H;/q;;;+2/p-2. The van der Waals surface area contributed by atoms with Crippen LogP contribution in [0.25, 0.3) is 11.4 Å². The van der Waals surface area contributed by atoms with E-state index in [4.69, 9.17) is 0 Å². The van der Waals surface area contributed by atoms with E-state index in [1.807, 2.05) is 36.7 Å². The van der Waals surface area contributed by atoms with Gasteiger partial charge in [-0.25, -0.2) is 0 Å². The van der Waals surface area contributed by atoms with E-state index in [1.54, 1.807) is 0 Å². The molecule has 0 aliphatic carbocycles. The fourth-order valence-corrected chi connectivity index (χ4v) is 1.35. The van der Waals surface area contributed by atoms with Crippen molar-refractivity contribution in [3.63, 3.8) is 0 Å². The average molecular weight is 450 g/mol. The summed E-state index contributed by atoms with van der Waals surface area (Å²) in [6, 6.07) is 8.06. The van der Waals surface area contributed by atoms with E-state index in [1.165, 1.54) is 11.1 Å². The topological polar surface area (TPSA) is 25.8 Å². The zero-order valence-electron chi connectivity index (χ0n) is 9.43. The van der Waals surface area contributed by atoms with E-state index in [0.29, 0.717) is 0 Å².